The van der Waals surface area contributed by atoms with E-state index in [4.69, 9.17) is 0 Å². The third-order valence-electron chi connectivity index (χ3n) is 4.79. The van der Waals surface area contributed by atoms with Crippen molar-refractivity contribution in [3.8, 4) is 22.5 Å². The van der Waals surface area contributed by atoms with E-state index in [9.17, 15) is 4.79 Å². The highest BCUT2D eigenvalue weighted by molar-refractivity contribution is 5.92. The van der Waals surface area contributed by atoms with Gasteiger partial charge in [0.25, 0.3) is 0 Å². The Morgan fingerprint density at radius 3 is 2.63 bits per heavy atom. The maximum Gasteiger partial charge on any atom is 0.217 e. The topological polar surface area (TPSA) is 115 Å². The van der Waals surface area contributed by atoms with E-state index in [1.165, 1.54) is 0 Å². The van der Waals surface area contributed by atoms with Gasteiger partial charge in [0.15, 0.2) is 0 Å². The fourth-order valence-corrected chi connectivity index (χ4v) is 3.26. The van der Waals surface area contributed by atoms with Crippen LogP contribution >= 0.6 is 0 Å². The van der Waals surface area contributed by atoms with Crippen LogP contribution in [0.2, 0.25) is 0 Å². The van der Waals surface area contributed by atoms with Crippen molar-refractivity contribution in [3.63, 3.8) is 0 Å². The van der Waals surface area contributed by atoms with E-state index in [0.29, 0.717) is 24.5 Å². The number of H-pyrrole nitrogens is 1. The van der Waals surface area contributed by atoms with Crippen LogP contribution in [-0.2, 0) is 13.0 Å². The number of nitrogens with zero attached hydrogens (tertiary/aromatic N) is 7. The highest BCUT2D eigenvalue weighted by atomic mass is 16.1. The van der Waals surface area contributed by atoms with Crippen LogP contribution in [0.1, 0.15) is 48.7 Å². The summed E-state index contributed by atoms with van der Waals surface area (Å²) < 4.78 is 1.84. The van der Waals surface area contributed by atoms with Crippen LogP contribution in [0, 0.1) is 0 Å². The molecule has 1 aromatic carbocycles. The van der Waals surface area contributed by atoms with Crippen LogP contribution in [0.5, 0.6) is 0 Å². The zero-order valence-electron chi connectivity index (χ0n) is 16.9. The van der Waals surface area contributed by atoms with Gasteiger partial charge < -0.3 is 0 Å². The first kappa shape index (κ1) is 19.6. The van der Waals surface area contributed by atoms with E-state index in [2.05, 4.69) is 54.7 Å². The molecule has 0 fully saturated rings. The molecule has 0 amide bonds. The van der Waals surface area contributed by atoms with Crippen LogP contribution < -0.4 is 0 Å². The van der Waals surface area contributed by atoms with Gasteiger partial charge in [0.2, 0.25) is 17.4 Å². The first-order chi connectivity index (χ1) is 14.7. The molecule has 30 heavy (non-hydrogen) atoms. The Kier molecular flexibility index (Phi) is 5.69. The fraction of sp³-hybridized carbons (Fsp3) is 0.286. The van der Waals surface area contributed by atoms with E-state index in [-0.39, 0.29) is 5.78 Å². The molecule has 0 unspecified atom stereocenters. The van der Waals surface area contributed by atoms with Crippen molar-refractivity contribution >= 4 is 5.78 Å². The molecule has 3 aromatic heterocycles. The molecule has 9 nitrogen and oxygen atoms in total. The molecule has 0 aliphatic carbocycles. The van der Waals surface area contributed by atoms with Gasteiger partial charge in [0.1, 0.15) is 5.82 Å². The Balaban J connectivity index is 1.60. The molecule has 4 aromatic rings. The number of ketones is 1. The lowest BCUT2D eigenvalue weighted by atomic mass is 9.99. The maximum atomic E-state index is 12.0. The largest absolute Gasteiger partial charge is 0.291 e. The lowest BCUT2D eigenvalue weighted by molar-refractivity contribution is 0.0978. The quantitative estimate of drug-likeness (QED) is 0.450. The zero-order chi connectivity index (χ0) is 20.9. The minimum Gasteiger partial charge on any atom is -0.291 e. The number of hydrogen-bond acceptors (Lipinski definition) is 7. The number of tetrazole rings is 1. The van der Waals surface area contributed by atoms with E-state index < -0.39 is 0 Å². The van der Waals surface area contributed by atoms with Crippen LogP contribution in [-0.4, -0.2) is 46.2 Å². The number of pyridine rings is 1. The van der Waals surface area contributed by atoms with Gasteiger partial charge in [-0.2, -0.15) is 5.21 Å². The monoisotopic (exact) mass is 402 g/mol. The predicted molar refractivity (Wildman–Crippen MR) is 111 cm³/mol. The summed E-state index contributed by atoms with van der Waals surface area (Å²) in [6, 6.07) is 10.1. The fourth-order valence-electron chi connectivity index (χ4n) is 3.26. The Morgan fingerprint density at radius 2 is 1.93 bits per heavy atom. The first-order valence-corrected chi connectivity index (χ1v) is 9.93. The highest BCUT2D eigenvalue weighted by Crippen LogP contribution is 2.29. The standard InChI is InChI=1S/C21H22N8O/c1-3-11-29-19(23-21(26-29)18(30)4-2)12-14-5-7-15(8-6-14)16-9-10-22-13-17(16)20-24-27-28-25-20/h5-10,13H,3-4,11-12H2,1-2H3,(H,24,25,27,28). The Morgan fingerprint density at radius 1 is 1.10 bits per heavy atom. The summed E-state index contributed by atoms with van der Waals surface area (Å²) in [7, 11) is 0. The van der Waals surface area contributed by atoms with Gasteiger partial charge in [-0.3, -0.25) is 9.78 Å². The normalized spacial score (nSPS) is 11.0. The van der Waals surface area contributed by atoms with Crippen molar-refractivity contribution < 1.29 is 4.79 Å². The maximum absolute atomic E-state index is 12.0. The number of aryl methyl sites for hydroxylation is 1. The minimum absolute atomic E-state index is 0.0341. The van der Waals surface area contributed by atoms with Crippen LogP contribution in [0.3, 0.4) is 0 Å². The number of rotatable bonds is 8. The van der Waals surface area contributed by atoms with Crippen molar-refractivity contribution in [2.45, 2.75) is 39.7 Å². The van der Waals surface area contributed by atoms with Crippen LogP contribution in [0.25, 0.3) is 22.5 Å². The summed E-state index contributed by atoms with van der Waals surface area (Å²) in [4.78, 5) is 20.7. The Labute approximate surface area is 173 Å². The third kappa shape index (κ3) is 4.00. The van der Waals surface area contributed by atoms with Gasteiger partial charge in [-0.1, -0.05) is 38.1 Å². The Bertz CT molecular complexity index is 1130. The second-order valence-electron chi connectivity index (χ2n) is 6.88. The summed E-state index contributed by atoms with van der Waals surface area (Å²) in [5, 5.41) is 18.6. The second kappa shape index (κ2) is 8.73. The van der Waals surface area contributed by atoms with Gasteiger partial charge >= 0.3 is 0 Å². The summed E-state index contributed by atoms with van der Waals surface area (Å²) in [6.07, 6.45) is 5.41. The zero-order valence-corrected chi connectivity index (χ0v) is 16.9. The van der Waals surface area contributed by atoms with Crippen molar-refractivity contribution in [2.24, 2.45) is 0 Å². The SMILES string of the molecule is CCCn1nc(C(=O)CC)nc1Cc1ccc(-c2ccncc2-c2nn[nH]n2)cc1. The second-order valence-corrected chi connectivity index (χ2v) is 6.88. The molecule has 0 aliphatic heterocycles. The Hall–Kier alpha value is -3.75. The molecule has 1 N–H and O–H groups in total. The molecular weight excluding hydrogens is 380 g/mol. The van der Waals surface area contributed by atoms with Crippen LogP contribution in [0.4, 0.5) is 0 Å². The number of aromatic nitrogens is 8. The molecule has 0 aliphatic rings. The highest BCUT2D eigenvalue weighted by Gasteiger charge is 2.16. The van der Waals surface area contributed by atoms with Gasteiger partial charge in [0, 0.05) is 37.3 Å². The molecule has 4 rings (SSSR count). The van der Waals surface area contributed by atoms with E-state index in [0.717, 1.165) is 41.0 Å². The first-order valence-electron chi connectivity index (χ1n) is 9.93. The molecule has 0 atom stereocenters. The third-order valence-corrected chi connectivity index (χ3v) is 4.79. The van der Waals surface area contributed by atoms with Gasteiger partial charge in [0.05, 0.1) is 0 Å². The molecule has 0 bridgehead atoms. The predicted octanol–water partition coefficient (Wildman–Crippen LogP) is 3.11. The molecule has 0 saturated carbocycles. The van der Waals surface area contributed by atoms with Gasteiger partial charge in [-0.05, 0) is 34.4 Å². The number of carbonyl (C=O) groups excluding carboxylic acids is 1. The summed E-state index contributed by atoms with van der Waals surface area (Å²) >= 11 is 0. The molecule has 152 valence electrons. The van der Waals surface area contributed by atoms with E-state index in [1.807, 2.05) is 29.8 Å². The molecule has 3 heterocycles. The van der Waals surface area contributed by atoms with E-state index in [1.54, 1.807) is 12.4 Å². The summed E-state index contributed by atoms with van der Waals surface area (Å²) in [5.74, 6) is 1.58. The minimum atomic E-state index is -0.0341. The molecular formula is C21H22N8O. The molecule has 0 spiro atoms. The lowest BCUT2D eigenvalue weighted by Gasteiger charge is -2.08. The van der Waals surface area contributed by atoms with E-state index >= 15 is 0 Å². The van der Waals surface area contributed by atoms with Crippen molar-refractivity contribution in [1.82, 2.24) is 40.4 Å². The molecule has 0 saturated heterocycles. The molecule has 9 heteroatoms. The smallest absolute Gasteiger partial charge is 0.217 e. The van der Waals surface area contributed by atoms with Crippen molar-refractivity contribution in [3.05, 3.63) is 59.9 Å². The average Bonchev–Trinajstić information content (AvgIpc) is 3.45. The number of hydrogen-bond donors (Lipinski definition) is 1. The number of Topliss-reactive ketones (excluding diaryl/α,β-unsaturated/α-hetero) is 1. The average molecular weight is 402 g/mol. The lowest BCUT2D eigenvalue weighted by Crippen LogP contribution is -2.06. The van der Waals surface area contributed by atoms with Crippen molar-refractivity contribution in [2.75, 3.05) is 0 Å². The van der Waals surface area contributed by atoms with Crippen molar-refractivity contribution in [1.29, 1.82) is 0 Å². The summed E-state index contributed by atoms with van der Waals surface area (Å²) in [5.41, 5.74) is 3.90. The number of carbonyl (C=O) groups is 1. The van der Waals surface area contributed by atoms with Crippen LogP contribution in [0.15, 0.2) is 42.7 Å². The van der Waals surface area contributed by atoms with Gasteiger partial charge in [-0.15, -0.1) is 15.3 Å². The number of aromatic amines is 1. The number of benzene rings is 1. The molecule has 0 radical (unpaired) electrons. The van der Waals surface area contributed by atoms with Gasteiger partial charge in [-0.25, -0.2) is 9.67 Å². The number of nitrogens with one attached hydrogen (secondary N) is 1. The summed E-state index contributed by atoms with van der Waals surface area (Å²) in [6.45, 7) is 4.64.